The van der Waals surface area contributed by atoms with Gasteiger partial charge < -0.3 is 10.2 Å². The summed E-state index contributed by atoms with van der Waals surface area (Å²) in [5, 5.41) is 3.11. The van der Waals surface area contributed by atoms with Crippen molar-refractivity contribution in [3.05, 3.63) is 30.3 Å². The largest absolute Gasteiger partial charge is 0.356 e. The molecule has 0 saturated carbocycles. The summed E-state index contributed by atoms with van der Waals surface area (Å²) in [6, 6.07) is 11.3. The number of benzene rings is 1. The number of rotatable bonds is 8. The predicted octanol–water partition coefficient (Wildman–Crippen LogP) is 4.04. The summed E-state index contributed by atoms with van der Waals surface area (Å²) in [6.07, 6.45) is 3.70. The van der Waals surface area contributed by atoms with Crippen LogP contribution < -0.4 is 5.32 Å². The molecule has 2 atom stereocenters. The Morgan fingerprint density at radius 1 is 1.29 bits per heavy atom. The van der Waals surface area contributed by atoms with Crippen LogP contribution in [0.15, 0.2) is 35.2 Å². The number of carbonyl (C=O) groups is 1. The second kappa shape index (κ2) is 10.1. The summed E-state index contributed by atoms with van der Waals surface area (Å²) >= 11 is 1.95. The SMILES string of the molecule is CC(C)C(=O)NC[C@H]1CCCN([C@@H](C)CCSc2ccccc2)C1. The van der Waals surface area contributed by atoms with Gasteiger partial charge in [0.15, 0.2) is 0 Å². The summed E-state index contributed by atoms with van der Waals surface area (Å²) in [6.45, 7) is 9.41. The van der Waals surface area contributed by atoms with Crippen molar-refractivity contribution in [2.75, 3.05) is 25.4 Å². The maximum atomic E-state index is 11.7. The molecular formula is C20H32N2OS. The molecule has 1 saturated heterocycles. The number of hydrogen-bond donors (Lipinski definition) is 1. The molecule has 0 bridgehead atoms. The van der Waals surface area contributed by atoms with E-state index in [0.29, 0.717) is 12.0 Å². The van der Waals surface area contributed by atoms with Crippen molar-refractivity contribution in [1.82, 2.24) is 10.2 Å². The van der Waals surface area contributed by atoms with Gasteiger partial charge in [-0.1, -0.05) is 32.0 Å². The number of thioether (sulfide) groups is 1. The molecule has 0 spiro atoms. The van der Waals surface area contributed by atoms with Crippen molar-refractivity contribution in [2.24, 2.45) is 11.8 Å². The van der Waals surface area contributed by atoms with Crippen LogP contribution in [0.5, 0.6) is 0 Å². The van der Waals surface area contributed by atoms with Gasteiger partial charge in [0, 0.05) is 29.9 Å². The van der Waals surface area contributed by atoms with Crippen molar-refractivity contribution in [3.63, 3.8) is 0 Å². The van der Waals surface area contributed by atoms with Crippen molar-refractivity contribution in [3.8, 4) is 0 Å². The minimum absolute atomic E-state index is 0.0821. The molecule has 0 aliphatic carbocycles. The second-order valence-electron chi connectivity index (χ2n) is 7.20. The van der Waals surface area contributed by atoms with Crippen LogP contribution >= 0.6 is 11.8 Å². The van der Waals surface area contributed by atoms with Crippen LogP contribution in [0.4, 0.5) is 0 Å². The number of carbonyl (C=O) groups excluding carboxylic acids is 1. The minimum Gasteiger partial charge on any atom is -0.356 e. The third-order valence-electron chi connectivity index (χ3n) is 4.81. The summed E-state index contributed by atoms with van der Waals surface area (Å²) in [4.78, 5) is 15.7. The van der Waals surface area contributed by atoms with E-state index in [1.165, 1.54) is 30.7 Å². The third kappa shape index (κ3) is 6.48. The average Bonchev–Trinajstić information content (AvgIpc) is 2.60. The van der Waals surface area contributed by atoms with E-state index in [-0.39, 0.29) is 11.8 Å². The van der Waals surface area contributed by atoms with Gasteiger partial charge in [0.25, 0.3) is 0 Å². The maximum absolute atomic E-state index is 11.7. The van der Waals surface area contributed by atoms with Gasteiger partial charge in [0.1, 0.15) is 0 Å². The fraction of sp³-hybridized carbons (Fsp3) is 0.650. The molecule has 1 aromatic rings. The van der Waals surface area contributed by atoms with Crippen LogP contribution in [0, 0.1) is 11.8 Å². The van der Waals surface area contributed by atoms with E-state index < -0.39 is 0 Å². The van der Waals surface area contributed by atoms with Crippen LogP contribution in [-0.2, 0) is 4.79 Å². The highest BCUT2D eigenvalue weighted by Crippen LogP contribution is 2.23. The lowest BCUT2D eigenvalue weighted by Gasteiger charge is -2.37. The predicted molar refractivity (Wildman–Crippen MR) is 103 cm³/mol. The first-order valence-corrected chi connectivity index (χ1v) is 10.2. The fourth-order valence-electron chi connectivity index (χ4n) is 3.16. The number of nitrogens with one attached hydrogen (secondary N) is 1. The normalized spacial score (nSPS) is 20.1. The van der Waals surface area contributed by atoms with Crippen LogP contribution in [-0.4, -0.2) is 42.2 Å². The van der Waals surface area contributed by atoms with Gasteiger partial charge in [0.05, 0.1) is 0 Å². The van der Waals surface area contributed by atoms with E-state index in [1.807, 2.05) is 25.6 Å². The van der Waals surface area contributed by atoms with E-state index in [9.17, 15) is 4.79 Å². The lowest BCUT2D eigenvalue weighted by molar-refractivity contribution is -0.124. The van der Waals surface area contributed by atoms with Gasteiger partial charge in [-0.05, 0) is 56.5 Å². The molecule has 2 rings (SSSR count). The smallest absolute Gasteiger partial charge is 0.222 e. The topological polar surface area (TPSA) is 32.3 Å². The third-order valence-corrected chi connectivity index (χ3v) is 5.86. The van der Waals surface area contributed by atoms with Gasteiger partial charge in [-0.15, -0.1) is 11.8 Å². The number of piperidine rings is 1. The zero-order valence-electron chi connectivity index (χ0n) is 15.3. The number of hydrogen-bond acceptors (Lipinski definition) is 3. The van der Waals surface area contributed by atoms with Gasteiger partial charge in [-0.3, -0.25) is 4.79 Å². The highest BCUT2D eigenvalue weighted by atomic mass is 32.2. The molecule has 24 heavy (non-hydrogen) atoms. The lowest BCUT2D eigenvalue weighted by Crippen LogP contribution is -2.45. The molecule has 134 valence electrons. The summed E-state index contributed by atoms with van der Waals surface area (Å²) in [7, 11) is 0. The molecule has 1 N–H and O–H groups in total. The van der Waals surface area contributed by atoms with Gasteiger partial charge in [-0.25, -0.2) is 0 Å². The van der Waals surface area contributed by atoms with E-state index >= 15 is 0 Å². The Bertz CT molecular complexity index is 492. The first kappa shape index (κ1) is 19.3. The lowest BCUT2D eigenvalue weighted by atomic mass is 9.96. The summed E-state index contributed by atoms with van der Waals surface area (Å²) in [5.41, 5.74) is 0. The monoisotopic (exact) mass is 348 g/mol. The highest BCUT2D eigenvalue weighted by molar-refractivity contribution is 7.99. The average molecular weight is 349 g/mol. The number of nitrogens with zero attached hydrogens (tertiary/aromatic N) is 1. The summed E-state index contributed by atoms with van der Waals surface area (Å²) < 4.78 is 0. The van der Waals surface area contributed by atoms with Crippen molar-refractivity contribution in [2.45, 2.75) is 51.0 Å². The van der Waals surface area contributed by atoms with Crippen LogP contribution in [0.1, 0.15) is 40.0 Å². The molecule has 0 aromatic heterocycles. The second-order valence-corrected chi connectivity index (χ2v) is 8.37. The molecule has 1 aromatic carbocycles. The van der Waals surface area contributed by atoms with Crippen molar-refractivity contribution in [1.29, 1.82) is 0 Å². The van der Waals surface area contributed by atoms with Gasteiger partial charge in [0.2, 0.25) is 5.91 Å². The molecule has 4 heteroatoms. The number of amides is 1. The van der Waals surface area contributed by atoms with Crippen molar-refractivity contribution < 1.29 is 4.79 Å². The molecule has 1 fully saturated rings. The fourth-order valence-corrected chi connectivity index (χ4v) is 4.20. The van der Waals surface area contributed by atoms with E-state index in [2.05, 4.69) is 47.5 Å². The first-order valence-electron chi connectivity index (χ1n) is 9.26. The van der Waals surface area contributed by atoms with Gasteiger partial charge in [-0.2, -0.15) is 0 Å². The minimum atomic E-state index is 0.0821. The highest BCUT2D eigenvalue weighted by Gasteiger charge is 2.23. The molecule has 0 unspecified atom stereocenters. The first-order chi connectivity index (χ1) is 11.6. The molecule has 1 aliphatic heterocycles. The standard InChI is InChI=1S/C20H32N2OS/c1-16(2)20(23)21-14-18-8-7-12-22(15-18)17(3)11-13-24-19-9-5-4-6-10-19/h4-6,9-10,16-18H,7-8,11-15H2,1-3H3,(H,21,23)/t17-,18+/m0/s1. The van der Waals surface area contributed by atoms with Gasteiger partial charge >= 0.3 is 0 Å². The van der Waals surface area contributed by atoms with Crippen LogP contribution in [0.3, 0.4) is 0 Å². The van der Waals surface area contributed by atoms with Crippen LogP contribution in [0.25, 0.3) is 0 Å². The Morgan fingerprint density at radius 2 is 2.04 bits per heavy atom. The van der Waals surface area contributed by atoms with Crippen molar-refractivity contribution >= 4 is 17.7 Å². The number of likely N-dealkylation sites (tertiary alicyclic amines) is 1. The van der Waals surface area contributed by atoms with Crippen LogP contribution in [0.2, 0.25) is 0 Å². The molecule has 3 nitrogen and oxygen atoms in total. The Balaban J connectivity index is 1.69. The quantitative estimate of drug-likeness (QED) is 0.720. The molecule has 1 amide bonds. The Morgan fingerprint density at radius 3 is 2.75 bits per heavy atom. The Hall–Kier alpha value is -1.00. The Labute approximate surface area is 151 Å². The molecule has 1 aliphatic rings. The summed E-state index contributed by atoms with van der Waals surface area (Å²) in [5.74, 6) is 2.03. The molecule has 1 heterocycles. The van der Waals surface area contributed by atoms with E-state index in [4.69, 9.17) is 0 Å². The molecule has 0 radical (unpaired) electrons. The zero-order chi connectivity index (χ0) is 17.4. The van der Waals surface area contributed by atoms with E-state index in [1.54, 1.807) is 0 Å². The Kier molecular flexibility index (Phi) is 8.13. The maximum Gasteiger partial charge on any atom is 0.222 e. The zero-order valence-corrected chi connectivity index (χ0v) is 16.1. The molecular weight excluding hydrogens is 316 g/mol. The van der Waals surface area contributed by atoms with E-state index in [0.717, 1.165) is 18.8 Å².